The van der Waals surface area contributed by atoms with Gasteiger partial charge < -0.3 is 15.4 Å². The Labute approximate surface area is 139 Å². The Morgan fingerprint density at radius 1 is 1.17 bits per heavy atom. The fourth-order valence-corrected chi connectivity index (χ4v) is 2.21. The molecule has 2 rings (SSSR count). The number of hydrogen-bond donors (Lipinski definition) is 2. The third kappa shape index (κ3) is 5.03. The molecular weight excluding hydrogens is 314 g/mol. The summed E-state index contributed by atoms with van der Waals surface area (Å²) in [6.07, 6.45) is 0. The van der Waals surface area contributed by atoms with Crippen LogP contribution in [0.3, 0.4) is 0 Å². The molecule has 0 aliphatic heterocycles. The zero-order valence-electron chi connectivity index (χ0n) is 13.6. The molecule has 0 saturated carbocycles. The normalized spacial score (nSPS) is 11.8. The van der Waals surface area contributed by atoms with Gasteiger partial charge in [-0.3, -0.25) is 4.79 Å². The summed E-state index contributed by atoms with van der Waals surface area (Å²) in [5.74, 6) is -0.712. The van der Waals surface area contributed by atoms with Gasteiger partial charge in [0.2, 0.25) is 5.91 Å². The molecule has 1 atom stereocenters. The maximum absolute atomic E-state index is 13.7. The van der Waals surface area contributed by atoms with Gasteiger partial charge in [-0.25, -0.2) is 8.78 Å². The molecule has 0 unspecified atom stereocenters. The highest BCUT2D eigenvalue weighted by molar-refractivity contribution is 5.78. The number of ether oxygens (including phenoxy) is 1. The summed E-state index contributed by atoms with van der Waals surface area (Å²) in [5, 5.41) is 5.69. The van der Waals surface area contributed by atoms with Crippen molar-refractivity contribution in [3.63, 3.8) is 0 Å². The molecule has 128 valence electrons. The molecule has 0 aliphatic rings. The lowest BCUT2D eigenvalue weighted by molar-refractivity contribution is -0.120. The van der Waals surface area contributed by atoms with Crippen LogP contribution in [0.15, 0.2) is 42.5 Å². The molecule has 0 radical (unpaired) electrons. The predicted molar refractivity (Wildman–Crippen MR) is 87.6 cm³/mol. The third-order valence-electron chi connectivity index (χ3n) is 3.65. The molecular formula is C18H20F2N2O2. The van der Waals surface area contributed by atoms with Crippen LogP contribution in [0, 0.1) is 11.6 Å². The number of amides is 1. The van der Waals surface area contributed by atoms with Gasteiger partial charge in [-0.15, -0.1) is 0 Å². The van der Waals surface area contributed by atoms with Gasteiger partial charge in [-0.2, -0.15) is 0 Å². The van der Waals surface area contributed by atoms with Crippen molar-refractivity contribution in [2.75, 3.05) is 13.7 Å². The van der Waals surface area contributed by atoms with Crippen molar-refractivity contribution in [1.29, 1.82) is 0 Å². The summed E-state index contributed by atoms with van der Waals surface area (Å²) in [6, 6.07) is 10.4. The maximum atomic E-state index is 13.7. The van der Waals surface area contributed by atoms with Crippen molar-refractivity contribution in [1.82, 2.24) is 10.6 Å². The van der Waals surface area contributed by atoms with E-state index in [2.05, 4.69) is 10.6 Å². The molecule has 0 bridgehead atoms. The number of benzene rings is 2. The first kappa shape index (κ1) is 17.9. The molecule has 0 aromatic heterocycles. The molecule has 6 heteroatoms. The van der Waals surface area contributed by atoms with Crippen molar-refractivity contribution < 1.29 is 18.3 Å². The maximum Gasteiger partial charge on any atom is 0.234 e. The SMILES string of the molecule is COc1ccc(CNC(=O)CN[C@H](C)c2ccc(F)cc2F)cc1. The molecule has 2 aromatic carbocycles. The van der Waals surface area contributed by atoms with E-state index in [0.717, 1.165) is 17.4 Å². The quantitative estimate of drug-likeness (QED) is 0.818. The van der Waals surface area contributed by atoms with E-state index in [4.69, 9.17) is 4.74 Å². The van der Waals surface area contributed by atoms with Gasteiger partial charge in [0, 0.05) is 24.2 Å². The second-order valence-corrected chi connectivity index (χ2v) is 5.39. The summed E-state index contributed by atoms with van der Waals surface area (Å²) < 4.78 is 31.6. The van der Waals surface area contributed by atoms with Gasteiger partial charge in [0.05, 0.1) is 13.7 Å². The van der Waals surface area contributed by atoms with E-state index in [0.29, 0.717) is 12.1 Å². The van der Waals surface area contributed by atoms with Crippen molar-refractivity contribution in [2.24, 2.45) is 0 Å². The van der Waals surface area contributed by atoms with Gasteiger partial charge >= 0.3 is 0 Å². The summed E-state index contributed by atoms with van der Waals surface area (Å²) in [5.41, 5.74) is 1.26. The Balaban J connectivity index is 1.79. The number of hydrogen-bond acceptors (Lipinski definition) is 3. The minimum Gasteiger partial charge on any atom is -0.497 e. The van der Waals surface area contributed by atoms with Crippen LogP contribution in [-0.4, -0.2) is 19.6 Å². The van der Waals surface area contributed by atoms with E-state index in [-0.39, 0.29) is 12.5 Å². The van der Waals surface area contributed by atoms with Crippen LogP contribution in [0.5, 0.6) is 5.75 Å². The molecule has 2 N–H and O–H groups in total. The number of halogens is 2. The number of methoxy groups -OCH3 is 1. The van der Waals surface area contributed by atoms with Crippen LogP contribution in [0.2, 0.25) is 0 Å². The van der Waals surface area contributed by atoms with E-state index >= 15 is 0 Å². The van der Waals surface area contributed by atoms with Crippen LogP contribution < -0.4 is 15.4 Å². The Bertz CT molecular complexity index is 690. The summed E-state index contributed by atoms with van der Waals surface area (Å²) in [4.78, 5) is 11.9. The van der Waals surface area contributed by atoms with Crippen molar-refractivity contribution >= 4 is 5.91 Å². The fraction of sp³-hybridized carbons (Fsp3) is 0.278. The molecule has 0 fully saturated rings. The van der Waals surface area contributed by atoms with Gasteiger partial charge in [0.1, 0.15) is 17.4 Å². The monoisotopic (exact) mass is 334 g/mol. The molecule has 2 aromatic rings. The highest BCUT2D eigenvalue weighted by atomic mass is 19.1. The smallest absolute Gasteiger partial charge is 0.234 e. The Hall–Kier alpha value is -2.47. The summed E-state index contributed by atoms with van der Waals surface area (Å²) in [6.45, 7) is 2.14. The highest BCUT2D eigenvalue weighted by Gasteiger charge is 2.12. The van der Waals surface area contributed by atoms with Crippen molar-refractivity contribution in [3.8, 4) is 5.75 Å². The van der Waals surface area contributed by atoms with E-state index < -0.39 is 17.7 Å². The van der Waals surface area contributed by atoms with Gasteiger partial charge in [0.15, 0.2) is 0 Å². The summed E-state index contributed by atoms with van der Waals surface area (Å²) >= 11 is 0. The lowest BCUT2D eigenvalue weighted by Crippen LogP contribution is -2.34. The molecule has 24 heavy (non-hydrogen) atoms. The second-order valence-electron chi connectivity index (χ2n) is 5.39. The topological polar surface area (TPSA) is 50.4 Å². The predicted octanol–water partition coefficient (Wildman–Crippen LogP) is 2.94. The Morgan fingerprint density at radius 3 is 2.50 bits per heavy atom. The van der Waals surface area contributed by atoms with E-state index in [9.17, 15) is 13.6 Å². The van der Waals surface area contributed by atoms with Gasteiger partial charge in [-0.05, 0) is 30.7 Å². The van der Waals surface area contributed by atoms with E-state index in [1.165, 1.54) is 12.1 Å². The molecule has 4 nitrogen and oxygen atoms in total. The van der Waals surface area contributed by atoms with Crippen molar-refractivity contribution in [3.05, 3.63) is 65.2 Å². The number of carbonyl (C=O) groups excluding carboxylic acids is 1. The standard InChI is InChI=1S/C18H20F2N2O2/c1-12(16-8-5-14(19)9-17(16)20)21-11-18(23)22-10-13-3-6-15(24-2)7-4-13/h3-9,12,21H,10-11H2,1-2H3,(H,22,23)/t12-/m1/s1. The molecule has 1 amide bonds. The van der Waals surface area contributed by atoms with Crippen LogP contribution >= 0.6 is 0 Å². The zero-order chi connectivity index (χ0) is 17.5. The third-order valence-corrected chi connectivity index (χ3v) is 3.65. The minimum atomic E-state index is -0.631. The minimum absolute atomic E-state index is 0.0359. The van der Waals surface area contributed by atoms with Crippen LogP contribution in [0.4, 0.5) is 8.78 Å². The fourth-order valence-electron chi connectivity index (χ4n) is 2.21. The first-order valence-corrected chi connectivity index (χ1v) is 7.57. The Kier molecular flexibility index (Phi) is 6.26. The molecule has 0 spiro atoms. The lowest BCUT2D eigenvalue weighted by Gasteiger charge is -2.15. The van der Waals surface area contributed by atoms with Gasteiger partial charge in [0.25, 0.3) is 0 Å². The number of carbonyl (C=O) groups is 1. The number of rotatable bonds is 7. The van der Waals surface area contributed by atoms with Crippen LogP contribution in [-0.2, 0) is 11.3 Å². The largest absolute Gasteiger partial charge is 0.497 e. The van der Waals surface area contributed by atoms with Crippen LogP contribution in [0.1, 0.15) is 24.1 Å². The van der Waals surface area contributed by atoms with Crippen LogP contribution in [0.25, 0.3) is 0 Å². The first-order chi connectivity index (χ1) is 11.5. The molecule has 0 heterocycles. The average molecular weight is 334 g/mol. The zero-order valence-corrected chi connectivity index (χ0v) is 13.6. The molecule has 0 saturated heterocycles. The number of nitrogens with one attached hydrogen (secondary N) is 2. The average Bonchev–Trinajstić information content (AvgIpc) is 2.58. The second kappa shape index (κ2) is 8.40. The molecule has 0 aliphatic carbocycles. The first-order valence-electron chi connectivity index (χ1n) is 7.57. The van der Waals surface area contributed by atoms with E-state index in [1.54, 1.807) is 14.0 Å². The highest BCUT2D eigenvalue weighted by Crippen LogP contribution is 2.17. The van der Waals surface area contributed by atoms with E-state index in [1.807, 2.05) is 24.3 Å². The van der Waals surface area contributed by atoms with Crippen molar-refractivity contribution in [2.45, 2.75) is 19.5 Å². The lowest BCUT2D eigenvalue weighted by atomic mass is 10.1. The Morgan fingerprint density at radius 2 is 1.88 bits per heavy atom. The van der Waals surface area contributed by atoms with Gasteiger partial charge in [-0.1, -0.05) is 18.2 Å². The summed E-state index contributed by atoms with van der Waals surface area (Å²) in [7, 11) is 1.59.